The molecule has 0 amide bonds. The molecule has 0 fully saturated rings. The van der Waals surface area contributed by atoms with Gasteiger partial charge in [0.15, 0.2) is 6.10 Å². The first-order valence-electron chi connectivity index (χ1n) is 30.8. The van der Waals surface area contributed by atoms with Crippen LogP contribution in [0.5, 0.6) is 0 Å². The molecule has 0 radical (unpaired) electrons. The molecule has 3 atom stereocenters. The number of carbonyl (C=O) groups is 3. The van der Waals surface area contributed by atoms with Crippen molar-refractivity contribution in [3.8, 4) is 0 Å². The molecule has 0 aliphatic rings. The van der Waals surface area contributed by atoms with Gasteiger partial charge in [0.2, 0.25) is 0 Å². The van der Waals surface area contributed by atoms with Gasteiger partial charge in [-0.2, -0.15) is 0 Å². The Bertz CT molecular complexity index is 1550. The lowest BCUT2D eigenvalue weighted by Crippen LogP contribution is -2.30. The van der Waals surface area contributed by atoms with Gasteiger partial charge in [0.1, 0.15) is 12.7 Å². The van der Waals surface area contributed by atoms with Gasteiger partial charge >= 0.3 is 25.7 Å². The summed E-state index contributed by atoms with van der Waals surface area (Å²) in [5.74, 6) is -1.49. The van der Waals surface area contributed by atoms with Crippen LogP contribution in [0.2, 0.25) is 0 Å². The lowest BCUT2D eigenvalue weighted by Gasteiger charge is -2.21. The van der Waals surface area contributed by atoms with Crippen molar-refractivity contribution in [1.82, 2.24) is 0 Å². The largest absolute Gasteiger partial charge is 0.472 e. The van der Waals surface area contributed by atoms with Crippen LogP contribution < -0.4 is 0 Å². The van der Waals surface area contributed by atoms with E-state index in [2.05, 4.69) is 93.7 Å². The van der Waals surface area contributed by atoms with Crippen LogP contribution >= 0.6 is 7.82 Å². The molecule has 0 bridgehead atoms. The van der Waals surface area contributed by atoms with Gasteiger partial charge in [0, 0.05) is 19.3 Å². The standard InChI is InChI=1S/C64H113O11P/c1-4-7-10-13-16-19-22-25-28-29-30-31-34-37-40-43-46-49-52-55-64(68)75-61(57-71-62(66)53-50-47-44-41-38-35-32-26-23-20-17-14-11-8-5-2)59-73-76(69,70)72-58-60(56-65)74-63(67)54-51-48-45-42-39-36-33-27-24-21-18-15-12-9-6-3/h16-21,25-28,32-33,60-61,65H,4-15,22-24,29-31,34-59H2,1-3H3,(H,69,70)/b19-16-,20-17-,21-18-,28-25-,32-26-,33-27-. The van der Waals surface area contributed by atoms with E-state index in [9.17, 15) is 28.9 Å². The van der Waals surface area contributed by atoms with Crippen molar-refractivity contribution in [2.45, 2.75) is 290 Å². The molecule has 0 aliphatic carbocycles. The van der Waals surface area contributed by atoms with Crippen LogP contribution in [0.25, 0.3) is 0 Å². The number of unbranched alkanes of at least 4 members (excludes halogenated alkanes) is 28. The maximum atomic E-state index is 12.9. The minimum atomic E-state index is -4.76. The van der Waals surface area contributed by atoms with Crippen LogP contribution in [0.15, 0.2) is 72.9 Å². The predicted octanol–water partition coefficient (Wildman–Crippen LogP) is 18.5. The Balaban J connectivity index is 4.74. The van der Waals surface area contributed by atoms with Crippen molar-refractivity contribution >= 4 is 25.7 Å². The van der Waals surface area contributed by atoms with Crippen molar-refractivity contribution in [2.75, 3.05) is 26.4 Å². The number of phosphoric acid groups is 1. The number of rotatable bonds is 57. The average Bonchev–Trinajstić information content (AvgIpc) is 3.41. The third kappa shape index (κ3) is 55.7. The lowest BCUT2D eigenvalue weighted by molar-refractivity contribution is -0.161. The highest BCUT2D eigenvalue weighted by Gasteiger charge is 2.28. The van der Waals surface area contributed by atoms with Crippen molar-refractivity contribution in [1.29, 1.82) is 0 Å². The predicted molar refractivity (Wildman–Crippen MR) is 316 cm³/mol. The fourth-order valence-electron chi connectivity index (χ4n) is 8.33. The van der Waals surface area contributed by atoms with E-state index in [0.717, 1.165) is 122 Å². The number of hydrogen-bond donors (Lipinski definition) is 2. The highest BCUT2D eigenvalue weighted by atomic mass is 31.2. The number of phosphoric ester groups is 1. The second kappa shape index (κ2) is 58.1. The van der Waals surface area contributed by atoms with Gasteiger partial charge < -0.3 is 24.2 Å². The van der Waals surface area contributed by atoms with Crippen molar-refractivity contribution in [3.63, 3.8) is 0 Å². The molecule has 3 unspecified atom stereocenters. The molecule has 0 spiro atoms. The van der Waals surface area contributed by atoms with Crippen LogP contribution in [0.3, 0.4) is 0 Å². The number of ether oxygens (including phenoxy) is 3. The second-order valence-electron chi connectivity index (χ2n) is 20.5. The molecule has 0 saturated carbocycles. The highest BCUT2D eigenvalue weighted by molar-refractivity contribution is 7.47. The first-order chi connectivity index (χ1) is 37.2. The zero-order valence-corrected chi connectivity index (χ0v) is 49.6. The topological polar surface area (TPSA) is 155 Å². The van der Waals surface area contributed by atoms with E-state index in [0.29, 0.717) is 19.3 Å². The molecule has 0 aromatic rings. The summed E-state index contributed by atoms with van der Waals surface area (Å²) in [6, 6.07) is 0. The molecule has 0 rings (SSSR count). The summed E-state index contributed by atoms with van der Waals surface area (Å²) in [4.78, 5) is 48.7. The third-order valence-corrected chi connectivity index (χ3v) is 14.0. The lowest BCUT2D eigenvalue weighted by atomic mass is 10.1. The van der Waals surface area contributed by atoms with E-state index in [-0.39, 0.29) is 25.9 Å². The molecule has 0 aliphatic heterocycles. The Hall–Kier alpha value is -3.08. The number of allylic oxidation sites excluding steroid dienone is 12. The normalized spacial score (nSPS) is 13.8. The fourth-order valence-corrected chi connectivity index (χ4v) is 9.11. The Morgan fingerprint density at radius 1 is 0.368 bits per heavy atom. The molecule has 440 valence electrons. The molecule has 12 heteroatoms. The molecule has 11 nitrogen and oxygen atoms in total. The summed E-state index contributed by atoms with van der Waals surface area (Å²) in [6.07, 6.45) is 65.6. The Kier molecular flexibility index (Phi) is 55.7. The summed E-state index contributed by atoms with van der Waals surface area (Å²) in [6.45, 7) is 4.56. The van der Waals surface area contributed by atoms with Crippen molar-refractivity contribution in [2.24, 2.45) is 0 Å². The monoisotopic (exact) mass is 1090 g/mol. The Morgan fingerprint density at radius 2 is 0.645 bits per heavy atom. The number of esters is 3. The molecular formula is C64H113O11P. The number of aliphatic hydroxyl groups excluding tert-OH is 1. The smallest absolute Gasteiger partial charge is 0.462 e. The molecule has 0 aromatic heterocycles. The number of carbonyl (C=O) groups excluding carboxylic acids is 3. The average molecular weight is 1090 g/mol. The van der Waals surface area contributed by atoms with Crippen LogP contribution in [-0.2, 0) is 42.2 Å². The molecule has 2 N–H and O–H groups in total. The van der Waals surface area contributed by atoms with E-state index in [1.54, 1.807) is 0 Å². The van der Waals surface area contributed by atoms with Gasteiger partial charge in [0.05, 0.1) is 19.8 Å². The maximum Gasteiger partial charge on any atom is 0.472 e. The second-order valence-corrected chi connectivity index (χ2v) is 22.0. The molecule has 76 heavy (non-hydrogen) atoms. The van der Waals surface area contributed by atoms with Crippen molar-refractivity contribution < 1.29 is 52.2 Å². The third-order valence-electron chi connectivity index (χ3n) is 13.1. The van der Waals surface area contributed by atoms with Gasteiger partial charge in [-0.05, 0) is 116 Å². The van der Waals surface area contributed by atoms with E-state index < -0.39 is 57.8 Å². The van der Waals surface area contributed by atoms with Gasteiger partial charge in [-0.3, -0.25) is 23.4 Å². The quantitative estimate of drug-likeness (QED) is 0.0197. The molecular weight excluding hydrogens is 976 g/mol. The van der Waals surface area contributed by atoms with Crippen LogP contribution in [-0.4, -0.2) is 66.5 Å². The Labute approximate surface area is 465 Å². The summed E-state index contributed by atoms with van der Waals surface area (Å²) in [5.41, 5.74) is 0. The zero-order chi connectivity index (χ0) is 55.5. The van der Waals surface area contributed by atoms with E-state index in [1.165, 1.54) is 96.3 Å². The number of hydrogen-bond acceptors (Lipinski definition) is 10. The summed E-state index contributed by atoms with van der Waals surface area (Å²) in [5, 5.41) is 9.83. The van der Waals surface area contributed by atoms with Crippen LogP contribution in [0.4, 0.5) is 0 Å². The van der Waals surface area contributed by atoms with Crippen LogP contribution in [0, 0.1) is 0 Å². The van der Waals surface area contributed by atoms with Gasteiger partial charge in [-0.1, -0.05) is 216 Å². The van der Waals surface area contributed by atoms with Crippen LogP contribution in [0.1, 0.15) is 278 Å². The minimum Gasteiger partial charge on any atom is -0.462 e. The minimum absolute atomic E-state index is 0.157. The number of aliphatic hydroxyl groups is 1. The van der Waals surface area contributed by atoms with E-state index in [4.69, 9.17) is 23.3 Å². The van der Waals surface area contributed by atoms with Gasteiger partial charge in [-0.15, -0.1) is 0 Å². The van der Waals surface area contributed by atoms with Gasteiger partial charge in [0.25, 0.3) is 0 Å². The first kappa shape index (κ1) is 72.9. The van der Waals surface area contributed by atoms with Crippen molar-refractivity contribution in [3.05, 3.63) is 72.9 Å². The van der Waals surface area contributed by atoms with E-state index >= 15 is 0 Å². The zero-order valence-electron chi connectivity index (χ0n) is 48.7. The van der Waals surface area contributed by atoms with Gasteiger partial charge in [-0.25, -0.2) is 4.57 Å². The fraction of sp³-hybridized carbons (Fsp3) is 0.766. The summed E-state index contributed by atoms with van der Waals surface area (Å²) in [7, 11) is -4.76. The molecule has 0 aromatic carbocycles. The first-order valence-corrected chi connectivity index (χ1v) is 32.3. The molecule has 0 heterocycles. The summed E-state index contributed by atoms with van der Waals surface area (Å²) < 4.78 is 39.6. The molecule has 0 saturated heterocycles. The Morgan fingerprint density at radius 3 is 0.974 bits per heavy atom. The van der Waals surface area contributed by atoms with E-state index in [1.807, 2.05) is 0 Å². The maximum absolute atomic E-state index is 12.9. The highest BCUT2D eigenvalue weighted by Crippen LogP contribution is 2.43. The SMILES string of the molecule is CCCCC/C=C\C/C=C\CCCCCCCCCCCC(=O)OC(COC(=O)CCCCCCC/C=C\C/C=C\CCCCC)COP(=O)(O)OCC(CO)OC(=O)CCCCCCC/C=C\C/C=C\CCCCC. The summed E-state index contributed by atoms with van der Waals surface area (Å²) >= 11 is 0.